The second kappa shape index (κ2) is 40.1. The Morgan fingerprint density at radius 3 is 1.42 bits per heavy atom. The van der Waals surface area contributed by atoms with Crippen LogP contribution in [0.5, 0.6) is 0 Å². The molecule has 0 aliphatic carbocycles. The van der Waals surface area contributed by atoms with Gasteiger partial charge in [-0.3, -0.25) is 4.79 Å². The van der Waals surface area contributed by atoms with E-state index in [0.29, 0.717) is 12.8 Å². The molecule has 0 spiro atoms. The van der Waals surface area contributed by atoms with E-state index < -0.39 is 80.3 Å². The number of carbonyl (C=O) groups excluding carboxylic acids is 1. The second-order valence-electron chi connectivity index (χ2n) is 18.4. The summed E-state index contributed by atoms with van der Waals surface area (Å²) in [6, 6.07) is -1.34. The van der Waals surface area contributed by atoms with Crippen molar-refractivity contribution in [1.82, 2.24) is 5.32 Å². The first-order valence-electron chi connectivity index (χ1n) is 25.7. The lowest BCUT2D eigenvalue weighted by Crippen LogP contribution is -2.61. The highest BCUT2D eigenvalue weighted by molar-refractivity contribution is 5.80. The molecule has 1 rings (SSSR count). The predicted molar refractivity (Wildman–Crippen MR) is 249 cm³/mol. The summed E-state index contributed by atoms with van der Waals surface area (Å²) < 4.78 is 11.0. The predicted octanol–water partition coefficient (Wildman–Crippen LogP) is 8.20. The van der Waals surface area contributed by atoms with Crippen molar-refractivity contribution >= 4 is 5.91 Å². The van der Waals surface area contributed by atoms with E-state index >= 15 is 0 Å². The fourth-order valence-electron chi connectivity index (χ4n) is 8.34. The minimum Gasteiger partial charge on any atom is -0.394 e. The normalized spacial score (nSPS) is 21.9. The van der Waals surface area contributed by atoms with E-state index in [0.717, 1.165) is 51.4 Å². The van der Waals surface area contributed by atoms with Gasteiger partial charge in [-0.15, -0.1) is 0 Å². The van der Waals surface area contributed by atoms with Crippen molar-refractivity contribution in [3.63, 3.8) is 0 Å². The van der Waals surface area contributed by atoms with Crippen LogP contribution in [0.4, 0.5) is 0 Å². The van der Waals surface area contributed by atoms with Crippen molar-refractivity contribution in [3.05, 3.63) is 12.2 Å². The van der Waals surface area contributed by atoms with E-state index in [1.807, 2.05) is 0 Å². The zero-order valence-electron chi connectivity index (χ0n) is 39.5. The van der Waals surface area contributed by atoms with Gasteiger partial charge in [0.2, 0.25) is 5.91 Å². The van der Waals surface area contributed by atoms with Crippen LogP contribution in [0.3, 0.4) is 0 Å². The number of carbonyl (C=O) groups is 1. The number of rotatable bonds is 43. The number of hydrogen-bond acceptors (Lipinski definition) is 11. The first-order chi connectivity index (χ1) is 30.1. The van der Waals surface area contributed by atoms with Crippen LogP contribution in [0.25, 0.3) is 0 Å². The van der Waals surface area contributed by atoms with E-state index in [1.54, 1.807) is 0 Å². The molecule has 10 atom stereocenters. The Hall–Kier alpha value is -1.19. The minimum atomic E-state index is -1.72. The Morgan fingerprint density at radius 1 is 0.548 bits per heavy atom. The van der Waals surface area contributed by atoms with Gasteiger partial charge in [-0.05, 0) is 38.5 Å². The smallest absolute Gasteiger partial charge is 0.249 e. The molecule has 0 aromatic rings. The zero-order valence-corrected chi connectivity index (χ0v) is 39.5. The van der Waals surface area contributed by atoms with Crippen LogP contribution in [0.2, 0.25) is 0 Å². The number of amides is 1. The van der Waals surface area contributed by atoms with Crippen LogP contribution in [-0.4, -0.2) is 121 Å². The van der Waals surface area contributed by atoms with Crippen LogP contribution in [0.15, 0.2) is 12.2 Å². The van der Waals surface area contributed by atoms with Gasteiger partial charge >= 0.3 is 0 Å². The molecule has 0 saturated carbocycles. The molecule has 0 bridgehead atoms. The highest BCUT2D eigenvalue weighted by atomic mass is 16.7. The van der Waals surface area contributed by atoms with Crippen LogP contribution >= 0.6 is 0 Å². The van der Waals surface area contributed by atoms with Gasteiger partial charge in [-0.2, -0.15) is 0 Å². The van der Waals surface area contributed by atoms with Gasteiger partial charge in [-0.1, -0.05) is 199 Å². The van der Waals surface area contributed by atoms with E-state index in [9.17, 15) is 45.6 Å². The maximum Gasteiger partial charge on any atom is 0.249 e. The second-order valence-corrected chi connectivity index (χ2v) is 18.4. The fourth-order valence-corrected chi connectivity index (χ4v) is 8.34. The summed E-state index contributed by atoms with van der Waals surface area (Å²) in [4.78, 5) is 13.1. The summed E-state index contributed by atoms with van der Waals surface area (Å²) in [5.74, 6) is -0.789. The molecule has 1 fully saturated rings. The largest absolute Gasteiger partial charge is 0.394 e. The molecule has 0 radical (unpaired) electrons. The van der Waals surface area contributed by atoms with E-state index in [2.05, 4.69) is 31.3 Å². The molecule has 368 valence electrons. The number of allylic oxidation sites excluding steroid dienone is 2. The molecular formula is C50H97NO11. The molecule has 9 N–H and O–H groups in total. The van der Waals surface area contributed by atoms with E-state index in [-0.39, 0.29) is 12.8 Å². The summed E-state index contributed by atoms with van der Waals surface area (Å²) in [6.45, 7) is 3.25. The van der Waals surface area contributed by atoms with E-state index in [4.69, 9.17) is 9.47 Å². The maximum absolute atomic E-state index is 13.1. The summed E-state index contributed by atoms with van der Waals surface area (Å²) in [5.41, 5.74) is 0. The Bertz CT molecular complexity index is 1030. The van der Waals surface area contributed by atoms with Crippen LogP contribution < -0.4 is 5.32 Å². The summed E-state index contributed by atoms with van der Waals surface area (Å²) in [6.07, 6.45) is 28.3. The summed E-state index contributed by atoms with van der Waals surface area (Å²) in [5, 5.41) is 86.5. The lowest BCUT2D eigenvalue weighted by Gasteiger charge is -2.40. The van der Waals surface area contributed by atoms with Gasteiger partial charge in [0.15, 0.2) is 6.29 Å². The van der Waals surface area contributed by atoms with Crippen molar-refractivity contribution in [2.24, 2.45) is 0 Å². The molecule has 0 aromatic carbocycles. The molecule has 0 aromatic heterocycles. The number of ether oxygens (including phenoxy) is 2. The third-order valence-electron chi connectivity index (χ3n) is 12.7. The van der Waals surface area contributed by atoms with Crippen LogP contribution in [-0.2, 0) is 14.3 Å². The Kier molecular flexibility index (Phi) is 38.1. The average Bonchev–Trinajstić information content (AvgIpc) is 3.27. The van der Waals surface area contributed by atoms with Gasteiger partial charge in [0.1, 0.15) is 42.7 Å². The SMILES string of the molecule is CCCCCC=CCCCCCCC(O)C(=O)NC(COC1OC(CO)C(O)C(O)C1O)C(O)C(O)C(O)CCCCCCCCCCCCCCCCCCCCCCCC. The van der Waals surface area contributed by atoms with E-state index in [1.165, 1.54) is 135 Å². The molecule has 10 unspecified atom stereocenters. The highest BCUT2D eigenvalue weighted by Crippen LogP contribution is 2.23. The summed E-state index contributed by atoms with van der Waals surface area (Å²) in [7, 11) is 0. The number of aliphatic hydroxyl groups is 8. The monoisotopic (exact) mass is 888 g/mol. The molecule has 12 nitrogen and oxygen atoms in total. The molecule has 1 heterocycles. The number of aliphatic hydroxyl groups excluding tert-OH is 8. The Labute approximate surface area is 377 Å². The topological polar surface area (TPSA) is 209 Å². The van der Waals surface area contributed by atoms with Crippen molar-refractivity contribution in [1.29, 1.82) is 0 Å². The van der Waals surface area contributed by atoms with Gasteiger partial charge < -0.3 is 55.6 Å². The fraction of sp³-hybridized carbons (Fsp3) is 0.940. The number of hydrogen-bond donors (Lipinski definition) is 9. The van der Waals surface area contributed by atoms with Gasteiger partial charge in [-0.25, -0.2) is 0 Å². The molecule has 1 amide bonds. The lowest BCUT2D eigenvalue weighted by molar-refractivity contribution is -0.303. The van der Waals surface area contributed by atoms with Gasteiger partial charge in [0.05, 0.1) is 25.4 Å². The van der Waals surface area contributed by atoms with Crippen molar-refractivity contribution in [2.45, 2.75) is 287 Å². The lowest BCUT2D eigenvalue weighted by atomic mass is 9.96. The quantitative estimate of drug-likeness (QED) is 0.0211. The molecule has 62 heavy (non-hydrogen) atoms. The standard InChI is InChI=1S/C50H97NO11/c1-3-5-7-9-11-13-15-16-17-18-19-20-21-22-23-24-25-27-28-30-32-34-36-41(53)45(56)44(55)40(39-61-50-48(59)47(58)46(57)43(38-52)62-50)51-49(60)42(54)37-35-33-31-29-26-14-12-10-8-6-4-2/h12,14,40-48,50,52-59H,3-11,13,15-39H2,1-2H3,(H,51,60). The molecule has 1 aliphatic rings. The van der Waals surface area contributed by atoms with Gasteiger partial charge in [0, 0.05) is 0 Å². The average molecular weight is 888 g/mol. The third kappa shape index (κ3) is 28.7. The van der Waals surface area contributed by atoms with Gasteiger partial charge in [0.25, 0.3) is 0 Å². The highest BCUT2D eigenvalue weighted by Gasteiger charge is 2.45. The maximum atomic E-state index is 13.1. The minimum absolute atomic E-state index is 0.194. The first kappa shape index (κ1) is 58.8. The molecule has 1 saturated heterocycles. The first-order valence-corrected chi connectivity index (χ1v) is 25.7. The Morgan fingerprint density at radius 2 is 0.952 bits per heavy atom. The number of unbranched alkanes of at least 4 members (excludes halogenated alkanes) is 28. The Balaban J connectivity index is 2.39. The third-order valence-corrected chi connectivity index (χ3v) is 12.7. The zero-order chi connectivity index (χ0) is 45.6. The van der Waals surface area contributed by atoms with Crippen molar-refractivity contribution < 1.29 is 55.1 Å². The molecule has 12 heteroatoms. The summed E-state index contributed by atoms with van der Waals surface area (Å²) >= 11 is 0. The molecular weight excluding hydrogens is 791 g/mol. The van der Waals surface area contributed by atoms with Crippen LogP contribution in [0, 0.1) is 0 Å². The van der Waals surface area contributed by atoms with Crippen LogP contribution in [0.1, 0.15) is 226 Å². The number of nitrogens with one attached hydrogen (secondary N) is 1. The van der Waals surface area contributed by atoms with Crippen molar-refractivity contribution in [2.75, 3.05) is 13.2 Å². The molecule has 1 aliphatic heterocycles. The van der Waals surface area contributed by atoms with Crippen molar-refractivity contribution in [3.8, 4) is 0 Å².